The fraction of sp³-hybridized carbons (Fsp3) is 0.387. The van der Waals surface area contributed by atoms with Crippen molar-refractivity contribution in [2.24, 2.45) is 0 Å². The summed E-state index contributed by atoms with van der Waals surface area (Å²) >= 11 is 0. The van der Waals surface area contributed by atoms with Gasteiger partial charge in [0.2, 0.25) is 0 Å². The van der Waals surface area contributed by atoms with E-state index in [4.69, 9.17) is 4.74 Å². The normalized spacial score (nSPS) is 15.9. The molecule has 0 aliphatic carbocycles. The molecule has 0 radical (unpaired) electrons. The Morgan fingerprint density at radius 1 is 0.750 bits per heavy atom. The Hall–Kier alpha value is -3.15. The molecule has 1 aliphatic heterocycles. The van der Waals surface area contributed by atoms with Crippen LogP contribution >= 0.6 is 0 Å². The lowest BCUT2D eigenvalue weighted by atomic mass is 10.1. The smallest absolute Gasteiger partial charge is 0.302 e. The van der Waals surface area contributed by atoms with Crippen molar-refractivity contribution in [3.8, 4) is 0 Å². The topological polar surface area (TPSA) is 37.7 Å². The average molecular weight is 484 g/mol. The number of hydrogen-bond acceptors (Lipinski definition) is 4. The summed E-state index contributed by atoms with van der Waals surface area (Å²) in [5, 5.41) is 2.70. The highest BCUT2D eigenvalue weighted by molar-refractivity contribution is 6.07. The third-order valence-electron chi connectivity index (χ3n) is 7.35. The van der Waals surface area contributed by atoms with Gasteiger partial charge in [-0.25, -0.2) is 0 Å². The molecule has 1 fully saturated rings. The largest absolute Gasteiger partial charge is 0.461 e. The quantitative estimate of drug-likeness (QED) is 0.225. The average Bonchev–Trinajstić information content (AvgIpc) is 3.21. The first-order valence-corrected chi connectivity index (χ1v) is 13.3. The molecule has 1 aromatic heterocycles. The van der Waals surface area contributed by atoms with E-state index in [2.05, 4.69) is 75.0 Å². The number of fused-ring (bicyclic) bond motifs is 3. The predicted molar refractivity (Wildman–Crippen MR) is 147 cm³/mol. The van der Waals surface area contributed by atoms with Gasteiger partial charge in [0.05, 0.1) is 0 Å². The van der Waals surface area contributed by atoms with E-state index in [0.29, 0.717) is 0 Å². The first-order valence-electron chi connectivity index (χ1n) is 13.3. The molecule has 5 nitrogen and oxygen atoms in total. The van der Waals surface area contributed by atoms with E-state index in [-0.39, 0.29) is 12.1 Å². The summed E-state index contributed by atoms with van der Waals surface area (Å²) in [5.41, 5.74) is 3.89. The molecule has 2 heterocycles. The molecule has 0 bridgehead atoms. The molecular weight excluding hydrogens is 446 g/mol. The number of rotatable bonds is 10. The monoisotopic (exact) mass is 483 g/mol. The highest BCUT2D eigenvalue weighted by Crippen LogP contribution is 2.29. The zero-order chi connectivity index (χ0) is 24.7. The van der Waals surface area contributed by atoms with Crippen LogP contribution in [0.3, 0.4) is 0 Å². The van der Waals surface area contributed by atoms with Gasteiger partial charge in [0.1, 0.15) is 6.10 Å². The van der Waals surface area contributed by atoms with Gasteiger partial charge < -0.3 is 14.2 Å². The van der Waals surface area contributed by atoms with E-state index >= 15 is 0 Å². The van der Waals surface area contributed by atoms with Crippen molar-refractivity contribution in [2.45, 2.75) is 38.8 Å². The molecule has 5 rings (SSSR count). The van der Waals surface area contributed by atoms with Crippen LogP contribution in [0.1, 0.15) is 25.3 Å². The lowest BCUT2D eigenvalue weighted by Crippen LogP contribution is -2.49. The summed E-state index contributed by atoms with van der Waals surface area (Å²) in [4.78, 5) is 16.7. The molecule has 188 valence electrons. The summed E-state index contributed by atoms with van der Waals surface area (Å²) in [5.74, 6) is -0.196. The number of piperazine rings is 1. The Labute approximate surface area is 214 Å². The van der Waals surface area contributed by atoms with Gasteiger partial charge in [-0.15, -0.1) is 0 Å². The molecule has 5 heteroatoms. The third-order valence-corrected chi connectivity index (χ3v) is 7.35. The van der Waals surface area contributed by atoms with Gasteiger partial charge in [0, 0.05) is 74.4 Å². The van der Waals surface area contributed by atoms with Crippen LogP contribution < -0.4 is 0 Å². The zero-order valence-corrected chi connectivity index (χ0v) is 21.3. The summed E-state index contributed by atoms with van der Waals surface area (Å²) in [6.45, 7) is 8.71. The fourth-order valence-corrected chi connectivity index (χ4v) is 5.59. The van der Waals surface area contributed by atoms with Gasteiger partial charge in [0.15, 0.2) is 0 Å². The van der Waals surface area contributed by atoms with E-state index < -0.39 is 0 Å². The van der Waals surface area contributed by atoms with E-state index in [1.54, 1.807) is 0 Å². The lowest BCUT2D eigenvalue weighted by Gasteiger charge is -2.36. The number of aromatic nitrogens is 1. The maximum atomic E-state index is 11.7. The summed E-state index contributed by atoms with van der Waals surface area (Å²) in [6, 6.07) is 27.8. The first kappa shape index (κ1) is 24.5. The van der Waals surface area contributed by atoms with Crippen LogP contribution in [0, 0.1) is 0 Å². The zero-order valence-electron chi connectivity index (χ0n) is 21.3. The van der Waals surface area contributed by atoms with Crippen LogP contribution in [0.4, 0.5) is 0 Å². The molecular formula is C31H37N3O2. The van der Waals surface area contributed by atoms with E-state index in [0.717, 1.165) is 52.2 Å². The molecule has 0 amide bonds. The minimum Gasteiger partial charge on any atom is -0.461 e. The maximum Gasteiger partial charge on any atom is 0.302 e. The SMILES string of the molecule is CC(=O)OC(Cc1ccccc1)CN1CCN(CCCCn2c3ccccc3c3ccccc32)CC1. The molecule has 3 aromatic carbocycles. The Morgan fingerprint density at radius 3 is 1.94 bits per heavy atom. The minimum atomic E-state index is -0.196. The Morgan fingerprint density at radius 2 is 1.31 bits per heavy atom. The third kappa shape index (κ3) is 5.97. The maximum absolute atomic E-state index is 11.7. The minimum absolute atomic E-state index is 0.0948. The Kier molecular flexibility index (Phi) is 7.99. The highest BCUT2D eigenvalue weighted by atomic mass is 16.5. The number of benzene rings is 3. The van der Waals surface area contributed by atoms with Crippen LogP contribution in [-0.4, -0.2) is 65.7 Å². The highest BCUT2D eigenvalue weighted by Gasteiger charge is 2.22. The fourth-order valence-electron chi connectivity index (χ4n) is 5.59. The summed E-state index contributed by atoms with van der Waals surface area (Å²) in [6.07, 6.45) is 3.05. The van der Waals surface area contributed by atoms with Crippen molar-refractivity contribution in [2.75, 3.05) is 39.3 Å². The number of carbonyl (C=O) groups is 1. The van der Waals surface area contributed by atoms with Crippen LogP contribution in [-0.2, 0) is 22.5 Å². The van der Waals surface area contributed by atoms with Crippen LogP contribution in [0.2, 0.25) is 0 Å². The number of unbranched alkanes of at least 4 members (excludes halogenated alkanes) is 1. The molecule has 1 unspecified atom stereocenters. The number of esters is 1. The Bertz CT molecular complexity index is 1220. The van der Waals surface area contributed by atoms with E-state index in [1.165, 1.54) is 47.1 Å². The predicted octanol–water partition coefficient (Wildman–Crippen LogP) is 5.37. The van der Waals surface area contributed by atoms with Gasteiger partial charge >= 0.3 is 5.97 Å². The number of nitrogens with zero attached hydrogens (tertiary/aromatic N) is 3. The lowest BCUT2D eigenvalue weighted by molar-refractivity contribution is -0.147. The van der Waals surface area contributed by atoms with Crippen LogP contribution in [0.25, 0.3) is 21.8 Å². The van der Waals surface area contributed by atoms with Gasteiger partial charge in [-0.05, 0) is 37.1 Å². The second-order valence-electron chi connectivity index (χ2n) is 9.96. The van der Waals surface area contributed by atoms with Crippen molar-refractivity contribution in [1.29, 1.82) is 0 Å². The van der Waals surface area contributed by atoms with Gasteiger partial charge in [-0.1, -0.05) is 66.7 Å². The number of aryl methyl sites for hydroxylation is 1. The molecule has 0 N–H and O–H groups in total. The van der Waals surface area contributed by atoms with Crippen molar-refractivity contribution in [3.05, 3.63) is 84.4 Å². The van der Waals surface area contributed by atoms with Crippen LogP contribution in [0.5, 0.6) is 0 Å². The first-order chi connectivity index (χ1) is 17.7. The summed E-state index contributed by atoms with van der Waals surface area (Å²) in [7, 11) is 0. The number of carbonyl (C=O) groups excluding carboxylic acids is 1. The van der Waals surface area contributed by atoms with Gasteiger partial charge in [-0.2, -0.15) is 0 Å². The standard InChI is InChI=1S/C31H37N3O2/c1-25(35)36-27(23-26-11-3-2-4-12-26)24-33-21-19-32(20-22-33)17-9-10-18-34-30-15-7-5-13-28(30)29-14-6-8-16-31(29)34/h2-8,11-16,27H,9-10,17-24H2,1H3. The number of para-hydroxylation sites is 2. The van der Waals surface area contributed by atoms with Crippen molar-refractivity contribution in [3.63, 3.8) is 0 Å². The van der Waals surface area contributed by atoms with Crippen molar-refractivity contribution >= 4 is 27.8 Å². The second-order valence-corrected chi connectivity index (χ2v) is 9.96. The molecule has 0 spiro atoms. The second kappa shape index (κ2) is 11.7. The molecule has 1 aliphatic rings. The molecule has 1 atom stereocenters. The molecule has 36 heavy (non-hydrogen) atoms. The van der Waals surface area contributed by atoms with E-state index in [1.807, 2.05) is 18.2 Å². The number of ether oxygens (including phenoxy) is 1. The summed E-state index contributed by atoms with van der Waals surface area (Å²) < 4.78 is 8.15. The van der Waals surface area contributed by atoms with Crippen molar-refractivity contribution in [1.82, 2.24) is 14.4 Å². The molecule has 0 saturated carbocycles. The van der Waals surface area contributed by atoms with Gasteiger partial charge in [-0.3, -0.25) is 9.69 Å². The van der Waals surface area contributed by atoms with Crippen molar-refractivity contribution < 1.29 is 9.53 Å². The Balaban J connectivity index is 1.09. The van der Waals surface area contributed by atoms with Gasteiger partial charge in [0.25, 0.3) is 0 Å². The van der Waals surface area contributed by atoms with E-state index in [9.17, 15) is 4.79 Å². The van der Waals surface area contributed by atoms with Crippen LogP contribution in [0.15, 0.2) is 78.9 Å². The molecule has 1 saturated heterocycles. The number of hydrogen-bond donors (Lipinski definition) is 0. The molecule has 4 aromatic rings.